The topological polar surface area (TPSA) is 86.2 Å². The van der Waals surface area contributed by atoms with Gasteiger partial charge in [0.2, 0.25) is 0 Å². The van der Waals surface area contributed by atoms with Gasteiger partial charge in [-0.2, -0.15) is 7.82 Å². The van der Waals surface area contributed by atoms with E-state index in [1.54, 1.807) is 0 Å². The molecule has 0 amide bonds. The molecule has 0 aliphatic carbocycles. The second kappa shape index (κ2) is 8.93. The fourth-order valence-corrected chi connectivity index (χ4v) is 0. The van der Waals surface area contributed by atoms with Gasteiger partial charge >= 0.3 is 40.4 Å². The number of hydrogen-bond acceptors (Lipinski definition) is 4. The van der Waals surface area contributed by atoms with Crippen molar-refractivity contribution < 1.29 is 39.2 Å². The van der Waals surface area contributed by atoms with Crippen molar-refractivity contribution in [2.24, 2.45) is 0 Å². The summed E-state index contributed by atoms with van der Waals surface area (Å²) in [6, 6.07) is 0. The Balaban J connectivity index is -0.00000000800. The zero-order chi connectivity index (χ0) is 4.50. The summed E-state index contributed by atoms with van der Waals surface area (Å²) in [5.41, 5.74) is 0. The first-order chi connectivity index (χ1) is 2.00. The van der Waals surface area contributed by atoms with Crippen molar-refractivity contribution in [1.82, 2.24) is 0 Å². The Kier molecular flexibility index (Phi) is 25.1. The van der Waals surface area contributed by atoms with Crippen LogP contribution in [0.5, 0.6) is 0 Å². The first-order valence-electron chi connectivity index (χ1n) is 0.730. The summed E-state index contributed by atoms with van der Waals surface area (Å²) in [5.74, 6) is 0. The maximum atomic E-state index is 8.55. The van der Waals surface area contributed by atoms with Crippen molar-refractivity contribution in [1.29, 1.82) is 0 Å². The molecule has 0 atom stereocenters. The minimum Gasteiger partial charge on any atom is -1.00 e. The quantitative estimate of drug-likeness (QED) is 0.304. The predicted octanol–water partition coefficient (Wildman–Crippen LogP) is -3.36. The number of phosphoric acid groups is 1. The molecule has 0 aliphatic heterocycles. The van der Waals surface area contributed by atoms with Gasteiger partial charge in [0, 0.05) is 17.1 Å². The van der Waals surface area contributed by atoms with Gasteiger partial charge in [0.15, 0.2) is 0 Å². The second-order valence-electron chi connectivity index (χ2n) is 0.447. The van der Waals surface area contributed by atoms with Gasteiger partial charge in [-0.05, 0) is 0 Å². The standard InChI is InChI=1S/Al.Fe.Mg.H3O4P.2H/c;;;1-5(2,3)4;;/h;;;(H3,1,2,3,4);;/q+3;;+2;;2*-1/p-3. The van der Waals surface area contributed by atoms with E-state index < -0.39 is 7.82 Å². The molecule has 0 saturated carbocycles. The maximum Gasteiger partial charge on any atom is 3.00 e. The Hall–Kier alpha value is 1.93. The van der Waals surface area contributed by atoms with Gasteiger partial charge in [0.1, 0.15) is 0 Å². The van der Waals surface area contributed by atoms with E-state index in [0.717, 1.165) is 0 Å². The zero-order valence-corrected chi connectivity index (χ0v) is 8.29. The summed E-state index contributed by atoms with van der Waals surface area (Å²) < 4.78 is 8.55. The van der Waals surface area contributed by atoms with Crippen molar-refractivity contribution in [3.63, 3.8) is 0 Å². The average Bonchev–Trinajstić information content (AvgIpc) is 0.722. The van der Waals surface area contributed by atoms with Crippen LogP contribution in [0.2, 0.25) is 0 Å². The van der Waals surface area contributed by atoms with E-state index in [0.29, 0.717) is 0 Å². The molecule has 0 heterocycles. The minimum atomic E-state index is -5.39. The van der Waals surface area contributed by atoms with E-state index in [4.69, 9.17) is 19.2 Å². The minimum absolute atomic E-state index is 0. The van der Waals surface area contributed by atoms with Crippen molar-refractivity contribution in [2.75, 3.05) is 0 Å². The number of hydrogen-bond donors (Lipinski definition) is 0. The Morgan fingerprint density at radius 3 is 1.25 bits per heavy atom. The monoisotopic (exact) mass is 204 g/mol. The molecule has 0 rings (SSSR count). The molecule has 0 aromatic rings. The van der Waals surface area contributed by atoms with Crippen LogP contribution in [0.1, 0.15) is 2.85 Å². The normalized spacial score (nSPS) is 7.38. The Bertz CT molecular complexity index is 69.4. The molecule has 44 valence electrons. The second-order valence-corrected chi connectivity index (χ2v) is 1.34. The van der Waals surface area contributed by atoms with Crippen LogP contribution in [0, 0.1) is 0 Å². The van der Waals surface area contributed by atoms with E-state index in [2.05, 4.69) is 0 Å². The summed E-state index contributed by atoms with van der Waals surface area (Å²) in [5, 5.41) is 0. The largest absolute Gasteiger partial charge is 3.00 e. The van der Waals surface area contributed by atoms with Crippen LogP contribution in [0.3, 0.4) is 0 Å². The molecule has 0 aliphatic rings. The van der Waals surface area contributed by atoms with E-state index in [9.17, 15) is 0 Å². The van der Waals surface area contributed by atoms with Crippen LogP contribution in [0.15, 0.2) is 0 Å². The van der Waals surface area contributed by atoms with Gasteiger partial charge < -0.3 is 22.1 Å². The van der Waals surface area contributed by atoms with Crippen molar-refractivity contribution in [3.8, 4) is 0 Å². The molecule has 0 unspecified atom stereocenters. The maximum absolute atomic E-state index is 8.55. The SMILES string of the molecule is O=P([O-])([O-])[O-].[Al+3].[Fe].[H-].[H-].[Mg+2]. The summed E-state index contributed by atoms with van der Waals surface area (Å²) in [6.07, 6.45) is 0. The van der Waals surface area contributed by atoms with E-state index in [1.807, 2.05) is 0 Å². The summed E-state index contributed by atoms with van der Waals surface area (Å²) >= 11 is 0. The number of rotatable bonds is 0. The smallest absolute Gasteiger partial charge is 1.00 e. The molecular formula is H2AlFeMgO4P. The summed E-state index contributed by atoms with van der Waals surface area (Å²) in [6.45, 7) is 0. The van der Waals surface area contributed by atoms with E-state index >= 15 is 0 Å². The van der Waals surface area contributed by atoms with Crippen molar-refractivity contribution >= 4 is 48.2 Å². The molecule has 8 heavy (non-hydrogen) atoms. The fourth-order valence-electron chi connectivity index (χ4n) is 0. The molecule has 0 N–H and O–H groups in total. The molecule has 0 radical (unpaired) electrons. The van der Waals surface area contributed by atoms with Crippen LogP contribution in [-0.4, -0.2) is 40.4 Å². The Morgan fingerprint density at radius 2 is 1.25 bits per heavy atom. The van der Waals surface area contributed by atoms with Crippen LogP contribution in [0.25, 0.3) is 0 Å². The van der Waals surface area contributed by atoms with Gasteiger partial charge in [0.25, 0.3) is 0 Å². The molecule has 8 heteroatoms. The van der Waals surface area contributed by atoms with Crippen LogP contribution in [0.4, 0.5) is 0 Å². The van der Waals surface area contributed by atoms with Gasteiger partial charge in [-0.1, -0.05) is 0 Å². The van der Waals surface area contributed by atoms with Gasteiger partial charge in [-0.15, -0.1) is 0 Å². The van der Waals surface area contributed by atoms with Gasteiger partial charge in [-0.25, -0.2) is 0 Å². The molecule has 0 fully saturated rings. The molecule has 4 nitrogen and oxygen atoms in total. The van der Waals surface area contributed by atoms with Crippen LogP contribution < -0.4 is 14.7 Å². The van der Waals surface area contributed by atoms with E-state index in [-0.39, 0.29) is 60.3 Å². The Labute approximate surface area is 87.0 Å². The first-order valence-corrected chi connectivity index (χ1v) is 2.19. The third kappa shape index (κ3) is 102. The third-order valence-electron chi connectivity index (χ3n) is 0. The first kappa shape index (κ1) is 22.5. The summed E-state index contributed by atoms with van der Waals surface area (Å²) in [7, 11) is -5.39. The third-order valence-corrected chi connectivity index (χ3v) is 0. The van der Waals surface area contributed by atoms with Crippen molar-refractivity contribution in [3.05, 3.63) is 0 Å². The molecule has 0 bridgehead atoms. The zero-order valence-electron chi connectivity index (χ0n) is 5.72. The fraction of sp³-hybridized carbons (Fsp3) is 0. The molecule has 0 spiro atoms. The molecule has 0 aromatic carbocycles. The molecular weight excluding hydrogens is 202 g/mol. The van der Waals surface area contributed by atoms with Gasteiger partial charge in [0.05, 0.1) is 0 Å². The molecule has 0 saturated heterocycles. The predicted molar refractivity (Wildman–Crippen MR) is 21.3 cm³/mol. The average molecular weight is 204 g/mol. The van der Waals surface area contributed by atoms with E-state index in [1.165, 1.54) is 0 Å². The van der Waals surface area contributed by atoms with Crippen LogP contribution in [-0.2, 0) is 21.6 Å². The molecule has 0 aromatic heterocycles. The van der Waals surface area contributed by atoms with Crippen LogP contribution >= 0.6 is 7.82 Å². The van der Waals surface area contributed by atoms with Gasteiger partial charge in [-0.3, -0.25) is 0 Å². The Morgan fingerprint density at radius 1 is 1.25 bits per heavy atom. The summed E-state index contributed by atoms with van der Waals surface area (Å²) in [4.78, 5) is 25.6. The van der Waals surface area contributed by atoms with Crippen molar-refractivity contribution in [2.45, 2.75) is 0 Å².